The standard InChI is InChI=1S/C20H29N3O3/c1-3-20(2,19(26)22-16-12-8-5-9-13-16)23-17(24)14-21-18(25)15-10-6-4-7-11-15/h4,6-7,10-11,16H,3,5,8-9,12-14H2,1-2H3,(H,21,25)(H,22,26)(H,23,24). The summed E-state index contributed by atoms with van der Waals surface area (Å²) < 4.78 is 0. The van der Waals surface area contributed by atoms with Gasteiger partial charge in [-0.15, -0.1) is 0 Å². The van der Waals surface area contributed by atoms with Crippen LogP contribution in [0.15, 0.2) is 30.3 Å². The molecule has 3 amide bonds. The molecule has 6 heteroatoms. The number of amides is 3. The predicted octanol–water partition coefficient (Wildman–Crippen LogP) is 2.15. The minimum atomic E-state index is -0.980. The topological polar surface area (TPSA) is 87.3 Å². The molecule has 0 spiro atoms. The van der Waals surface area contributed by atoms with Crippen LogP contribution in [-0.4, -0.2) is 35.8 Å². The fourth-order valence-electron chi connectivity index (χ4n) is 3.10. The first-order valence-corrected chi connectivity index (χ1v) is 9.40. The fraction of sp³-hybridized carbons (Fsp3) is 0.550. The Labute approximate surface area is 155 Å². The number of carbonyl (C=O) groups is 3. The largest absolute Gasteiger partial charge is 0.351 e. The first-order valence-electron chi connectivity index (χ1n) is 9.40. The minimum absolute atomic E-state index is 0.158. The van der Waals surface area contributed by atoms with Crippen molar-refractivity contribution in [3.63, 3.8) is 0 Å². The van der Waals surface area contributed by atoms with E-state index in [1.54, 1.807) is 31.2 Å². The van der Waals surface area contributed by atoms with Gasteiger partial charge in [-0.2, -0.15) is 0 Å². The highest BCUT2D eigenvalue weighted by Crippen LogP contribution is 2.19. The average molecular weight is 359 g/mol. The molecule has 1 aromatic carbocycles. The first-order chi connectivity index (χ1) is 12.4. The van der Waals surface area contributed by atoms with Gasteiger partial charge in [0.25, 0.3) is 5.91 Å². The summed E-state index contributed by atoms with van der Waals surface area (Å²) in [5, 5.41) is 8.42. The molecule has 1 atom stereocenters. The molecule has 142 valence electrons. The molecular weight excluding hydrogens is 330 g/mol. The molecule has 0 bridgehead atoms. The Hall–Kier alpha value is -2.37. The van der Waals surface area contributed by atoms with E-state index in [9.17, 15) is 14.4 Å². The lowest BCUT2D eigenvalue weighted by Gasteiger charge is -2.32. The van der Waals surface area contributed by atoms with E-state index in [1.807, 2.05) is 13.0 Å². The second-order valence-electron chi connectivity index (χ2n) is 7.09. The molecule has 6 nitrogen and oxygen atoms in total. The zero-order chi connectivity index (χ0) is 19.0. The molecule has 0 aromatic heterocycles. The molecule has 0 heterocycles. The number of hydrogen-bond donors (Lipinski definition) is 3. The van der Waals surface area contributed by atoms with Crippen LogP contribution >= 0.6 is 0 Å². The number of nitrogens with one attached hydrogen (secondary N) is 3. The van der Waals surface area contributed by atoms with Crippen molar-refractivity contribution in [1.29, 1.82) is 0 Å². The van der Waals surface area contributed by atoms with Gasteiger partial charge in [0.05, 0.1) is 6.54 Å². The van der Waals surface area contributed by atoms with E-state index >= 15 is 0 Å². The Morgan fingerprint density at radius 1 is 1.08 bits per heavy atom. The predicted molar refractivity (Wildman–Crippen MR) is 101 cm³/mol. The zero-order valence-corrected chi connectivity index (χ0v) is 15.6. The summed E-state index contributed by atoms with van der Waals surface area (Å²) in [7, 11) is 0. The zero-order valence-electron chi connectivity index (χ0n) is 15.6. The van der Waals surface area contributed by atoms with Crippen LogP contribution < -0.4 is 16.0 Å². The maximum atomic E-state index is 12.6. The van der Waals surface area contributed by atoms with Gasteiger partial charge in [-0.05, 0) is 38.3 Å². The van der Waals surface area contributed by atoms with Gasteiger partial charge in [0.15, 0.2) is 0 Å². The van der Waals surface area contributed by atoms with Gasteiger partial charge in [0.2, 0.25) is 11.8 Å². The lowest BCUT2D eigenvalue weighted by molar-refractivity contribution is -0.133. The summed E-state index contributed by atoms with van der Waals surface area (Å²) in [6, 6.07) is 8.90. The summed E-state index contributed by atoms with van der Waals surface area (Å²) in [4.78, 5) is 36.9. The van der Waals surface area contributed by atoms with Crippen LogP contribution in [0.3, 0.4) is 0 Å². The Morgan fingerprint density at radius 2 is 1.73 bits per heavy atom. The maximum absolute atomic E-state index is 12.6. The number of hydrogen-bond acceptors (Lipinski definition) is 3. The highest BCUT2D eigenvalue weighted by Gasteiger charge is 2.34. The van der Waals surface area contributed by atoms with Gasteiger partial charge in [0.1, 0.15) is 5.54 Å². The first kappa shape index (κ1) is 19.9. The smallest absolute Gasteiger partial charge is 0.251 e. The van der Waals surface area contributed by atoms with E-state index in [-0.39, 0.29) is 30.3 Å². The van der Waals surface area contributed by atoms with Crippen molar-refractivity contribution in [3.8, 4) is 0 Å². The Bertz CT molecular complexity index is 626. The van der Waals surface area contributed by atoms with Crippen molar-refractivity contribution in [1.82, 2.24) is 16.0 Å². The maximum Gasteiger partial charge on any atom is 0.251 e. The van der Waals surface area contributed by atoms with Crippen LogP contribution in [0.1, 0.15) is 62.7 Å². The molecular formula is C20H29N3O3. The van der Waals surface area contributed by atoms with Crippen LogP contribution in [0.4, 0.5) is 0 Å². The van der Waals surface area contributed by atoms with Crippen molar-refractivity contribution in [3.05, 3.63) is 35.9 Å². The van der Waals surface area contributed by atoms with E-state index < -0.39 is 5.54 Å². The van der Waals surface area contributed by atoms with Crippen molar-refractivity contribution in [2.24, 2.45) is 0 Å². The van der Waals surface area contributed by atoms with Gasteiger partial charge in [-0.3, -0.25) is 14.4 Å². The third-order valence-corrected chi connectivity index (χ3v) is 5.01. The van der Waals surface area contributed by atoms with Crippen LogP contribution in [0.2, 0.25) is 0 Å². The number of rotatable bonds is 7. The minimum Gasteiger partial charge on any atom is -0.351 e. The number of carbonyl (C=O) groups excluding carboxylic acids is 3. The molecule has 1 aliphatic rings. The van der Waals surface area contributed by atoms with Gasteiger partial charge in [0, 0.05) is 11.6 Å². The molecule has 1 fully saturated rings. The Balaban J connectivity index is 1.85. The van der Waals surface area contributed by atoms with Crippen molar-refractivity contribution >= 4 is 17.7 Å². The van der Waals surface area contributed by atoms with Crippen molar-refractivity contribution in [2.45, 2.75) is 64.0 Å². The van der Waals surface area contributed by atoms with Crippen LogP contribution in [0, 0.1) is 0 Å². The lowest BCUT2D eigenvalue weighted by atomic mass is 9.92. The molecule has 0 aliphatic heterocycles. The normalized spacial score (nSPS) is 17.0. The van der Waals surface area contributed by atoms with Crippen LogP contribution in [0.5, 0.6) is 0 Å². The van der Waals surface area contributed by atoms with Gasteiger partial charge < -0.3 is 16.0 Å². The van der Waals surface area contributed by atoms with E-state index in [1.165, 1.54) is 6.42 Å². The molecule has 3 N–H and O–H groups in total. The molecule has 1 unspecified atom stereocenters. The molecule has 0 saturated heterocycles. The van der Waals surface area contributed by atoms with E-state index in [2.05, 4.69) is 16.0 Å². The SMILES string of the molecule is CCC(C)(NC(=O)CNC(=O)c1ccccc1)C(=O)NC1CCCCC1. The average Bonchev–Trinajstić information content (AvgIpc) is 2.67. The lowest BCUT2D eigenvalue weighted by Crippen LogP contribution is -2.59. The summed E-state index contributed by atoms with van der Waals surface area (Å²) >= 11 is 0. The number of benzene rings is 1. The second kappa shape index (κ2) is 9.36. The van der Waals surface area contributed by atoms with E-state index in [4.69, 9.17) is 0 Å². The fourth-order valence-corrected chi connectivity index (χ4v) is 3.10. The summed E-state index contributed by atoms with van der Waals surface area (Å²) in [5.74, 6) is -0.849. The van der Waals surface area contributed by atoms with Gasteiger partial charge in [-0.1, -0.05) is 44.4 Å². The highest BCUT2D eigenvalue weighted by molar-refractivity contribution is 5.97. The van der Waals surface area contributed by atoms with E-state index in [0.29, 0.717) is 12.0 Å². The van der Waals surface area contributed by atoms with E-state index in [0.717, 1.165) is 25.7 Å². The third-order valence-electron chi connectivity index (χ3n) is 5.01. The quantitative estimate of drug-likeness (QED) is 0.697. The Morgan fingerprint density at radius 3 is 2.35 bits per heavy atom. The van der Waals surface area contributed by atoms with Crippen molar-refractivity contribution < 1.29 is 14.4 Å². The van der Waals surface area contributed by atoms with Gasteiger partial charge >= 0.3 is 0 Å². The second-order valence-corrected chi connectivity index (χ2v) is 7.09. The summed E-state index contributed by atoms with van der Waals surface area (Å²) in [6.45, 7) is 3.42. The van der Waals surface area contributed by atoms with Crippen LogP contribution in [-0.2, 0) is 9.59 Å². The Kier molecular flexibility index (Phi) is 7.18. The molecule has 2 rings (SSSR count). The van der Waals surface area contributed by atoms with Crippen molar-refractivity contribution in [2.75, 3.05) is 6.54 Å². The molecule has 1 aliphatic carbocycles. The van der Waals surface area contributed by atoms with Crippen LogP contribution in [0.25, 0.3) is 0 Å². The highest BCUT2D eigenvalue weighted by atomic mass is 16.2. The van der Waals surface area contributed by atoms with Gasteiger partial charge in [-0.25, -0.2) is 0 Å². The third kappa shape index (κ3) is 5.58. The molecule has 26 heavy (non-hydrogen) atoms. The summed E-state index contributed by atoms with van der Waals surface area (Å²) in [6.07, 6.45) is 5.94. The molecule has 0 radical (unpaired) electrons. The molecule has 1 aromatic rings. The monoisotopic (exact) mass is 359 g/mol. The summed E-state index contributed by atoms with van der Waals surface area (Å²) in [5.41, 5.74) is -0.486. The molecule has 1 saturated carbocycles.